The zero-order valence-corrected chi connectivity index (χ0v) is 16.1. The molecule has 0 aromatic heterocycles. The molecule has 0 radical (unpaired) electrons. The molecule has 7 heteroatoms. The third kappa shape index (κ3) is 6.72. The number of hydrogen-bond acceptors (Lipinski definition) is 6. The highest BCUT2D eigenvalue weighted by Gasteiger charge is 2.07. The normalized spacial score (nSPS) is 9.89. The minimum Gasteiger partial charge on any atom is -0.497 e. The number of nitrogens with one attached hydrogen (secondary N) is 1. The number of benzene rings is 2. The quantitative estimate of drug-likeness (QED) is 0.599. The lowest BCUT2D eigenvalue weighted by Crippen LogP contribution is -2.24. The van der Waals surface area contributed by atoms with Crippen molar-refractivity contribution < 1.29 is 23.7 Å². The third-order valence-electron chi connectivity index (χ3n) is 3.85. The van der Waals surface area contributed by atoms with Crippen molar-refractivity contribution >= 4 is 5.91 Å². The number of methoxy groups -OCH3 is 2. The Balaban J connectivity index is 1.85. The SMILES string of the molecule is COc1cccc(OCCOc2cc(CCNC(=O)CC#N)ccc2OC)c1. The van der Waals surface area contributed by atoms with Crippen LogP contribution in [-0.4, -0.2) is 39.9 Å². The minimum absolute atomic E-state index is 0.135. The summed E-state index contributed by atoms with van der Waals surface area (Å²) in [7, 11) is 3.19. The summed E-state index contributed by atoms with van der Waals surface area (Å²) in [5.41, 5.74) is 0.988. The molecule has 0 aliphatic heterocycles. The fourth-order valence-corrected chi connectivity index (χ4v) is 2.47. The van der Waals surface area contributed by atoms with E-state index in [0.717, 1.165) is 11.3 Å². The van der Waals surface area contributed by atoms with Crippen LogP contribution in [0.25, 0.3) is 0 Å². The van der Waals surface area contributed by atoms with Gasteiger partial charge in [0.15, 0.2) is 11.5 Å². The number of nitriles is 1. The van der Waals surface area contributed by atoms with Crippen molar-refractivity contribution in [1.29, 1.82) is 5.26 Å². The second kappa shape index (κ2) is 11.3. The number of nitrogens with zero attached hydrogens (tertiary/aromatic N) is 1. The van der Waals surface area contributed by atoms with Gasteiger partial charge < -0.3 is 24.3 Å². The van der Waals surface area contributed by atoms with E-state index in [2.05, 4.69) is 5.32 Å². The van der Waals surface area contributed by atoms with E-state index in [0.29, 0.717) is 43.4 Å². The molecule has 2 aromatic rings. The number of rotatable bonds is 11. The smallest absolute Gasteiger partial charge is 0.234 e. The van der Waals surface area contributed by atoms with E-state index in [-0.39, 0.29) is 12.3 Å². The average Bonchev–Trinajstić information content (AvgIpc) is 2.72. The summed E-state index contributed by atoms with van der Waals surface area (Å²) in [4.78, 5) is 11.3. The average molecular weight is 384 g/mol. The first kappa shape index (κ1) is 20.9. The van der Waals surface area contributed by atoms with Gasteiger partial charge in [0.25, 0.3) is 0 Å². The number of amides is 1. The van der Waals surface area contributed by atoms with Gasteiger partial charge in [0.1, 0.15) is 31.1 Å². The van der Waals surface area contributed by atoms with Gasteiger partial charge in [0.05, 0.1) is 20.3 Å². The lowest BCUT2D eigenvalue weighted by molar-refractivity contribution is -0.120. The standard InChI is InChI=1S/C21H24N2O5/c1-25-17-4-3-5-18(15-17)27-12-13-28-20-14-16(6-7-19(20)26-2)9-11-23-21(24)8-10-22/h3-7,14-15H,8-9,11-13H2,1-2H3,(H,23,24). The molecule has 0 fully saturated rings. The van der Waals surface area contributed by atoms with E-state index in [4.69, 9.17) is 24.2 Å². The highest BCUT2D eigenvalue weighted by Crippen LogP contribution is 2.28. The van der Waals surface area contributed by atoms with Crippen LogP contribution in [-0.2, 0) is 11.2 Å². The molecular weight excluding hydrogens is 360 g/mol. The van der Waals surface area contributed by atoms with Crippen molar-refractivity contribution in [3.05, 3.63) is 48.0 Å². The first-order chi connectivity index (χ1) is 13.7. The maximum atomic E-state index is 11.3. The number of carbonyl (C=O) groups excluding carboxylic acids is 1. The predicted octanol–water partition coefficient (Wildman–Crippen LogP) is 2.73. The Hall–Kier alpha value is -3.40. The second-order valence-electron chi connectivity index (χ2n) is 5.80. The van der Waals surface area contributed by atoms with Gasteiger partial charge >= 0.3 is 0 Å². The van der Waals surface area contributed by atoms with Crippen molar-refractivity contribution in [3.63, 3.8) is 0 Å². The van der Waals surface area contributed by atoms with E-state index in [9.17, 15) is 4.79 Å². The van der Waals surface area contributed by atoms with Gasteiger partial charge in [-0.3, -0.25) is 4.79 Å². The number of hydrogen-bond donors (Lipinski definition) is 1. The molecule has 2 aromatic carbocycles. The van der Waals surface area contributed by atoms with Gasteiger partial charge in [-0.25, -0.2) is 0 Å². The van der Waals surface area contributed by atoms with E-state index in [1.165, 1.54) is 0 Å². The Morgan fingerprint density at radius 1 is 1.00 bits per heavy atom. The lowest BCUT2D eigenvalue weighted by Gasteiger charge is -2.13. The molecule has 0 unspecified atom stereocenters. The Bertz CT molecular complexity index is 817. The topological polar surface area (TPSA) is 89.8 Å². The summed E-state index contributed by atoms with van der Waals surface area (Å²) in [5.74, 6) is 2.39. The molecular formula is C21H24N2O5. The molecule has 7 nitrogen and oxygen atoms in total. The first-order valence-electron chi connectivity index (χ1n) is 8.86. The first-order valence-corrected chi connectivity index (χ1v) is 8.86. The molecule has 148 valence electrons. The summed E-state index contributed by atoms with van der Waals surface area (Å²) < 4.78 is 22.0. The van der Waals surface area contributed by atoms with Gasteiger partial charge in [0, 0.05) is 12.6 Å². The molecule has 0 bridgehead atoms. The lowest BCUT2D eigenvalue weighted by atomic mass is 10.1. The van der Waals surface area contributed by atoms with Crippen LogP contribution in [0.15, 0.2) is 42.5 Å². The molecule has 0 aliphatic carbocycles. The molecule has 0 saturated carbocycles. The molecule has 0 atom stereocenters. The molecule has 28 heavy (non-hydrogen) atoms. The van der Waals surface area contributed by atoms with Crippen molar-refractivity contribution in [1.82, 2.24) is 5.32 Å². The molecule has 1 amide bonds. The summed E-state index contributed by atoms with van der Waals surface area (Å²) in [6.07, 6.45) is 0.488. The third-order valence-corrected chi connectivity index (χ3v) is 3.85. The van der Waals surface area contributed by atoms with Gasteiger partial charge in [-0.2, -0.15) is 5.26 Å². The molecule has 1 N–H and O–H groups in total. The van der Waals surface area contributed by atoms with E-state index in [1.807, 2.05) is 48.5 Å². The van der Waals surface area contributed by atoms with Gasteiger partial charge in [-0.15, -0.1) is 0 Å². The minimum atomic E-state index is -0.276. The van der Waals surface area contributed by atoms with E-state index < -0.39 is 0 Å². The van der Waals surface area contributed by atoms with Crippen LogP contribution in [0.2, 0.25) is 0 Å². The van der Waals surface area contributed by atoms with Gasteiger partial charge in [0.2, 0.25) is 5.91 Å². The van der Waals surface area contributed by atoms with Crippen LogP contribution < -0.4 is 24.3 Å². The predicted molar refractivity (Wildman–Crippen MR) is 104 cm³/mol. The molecule has 0 saturated heterocycles. The Labute approximate surface area is 164 Å². The highest BCUT2D eigenvalue weighted by molar-refractivity contribution is 5.77. The summed E-state index contributed by atoms with van der Waals surface area (Å²) in [5, 5.41) is 11.2. The Kier molecular flexibility index (Phi) is 8.47. The van der Waals surface area contributed by atoms with Crippen LogP contribution in [0.4, 0.5) is 0 Å². The summed E-state index contributed by atoms with van der Waals surface area (Å²) in [6, 6.07) is 14.8. The zero-order valence-electron chi connectivity index (χ0n) is 16.1. The van der Waals surface area contributed by atoms with Crippen molar-refractivity contribution in [2.75, 3.05) is 34.0 Å². The largest absolute Gasteiger partial charge is 0.497 e. The van der Waals surface area contributed by atoms with Crippen LogP contribution in [0, 0.1) is 11.3 Å². The second-order valence-corrected chi connectivity index (χ2v) is 5.80. The summed E-state index contributed by atoms with van der Waals surface area (Å²) in [6.45, 7) is 1.16. The highest BCUT2D eigenvalue weighted by atomic mass is 16.5. The molecule has 0 spiro atoms. The molecule has 0 heterocycles. The monoisotopic (exact) mass is 384 g/mol. The Morgan fingerprint density at radius 3 is 2.54 bits per heavy atom. The molecule has 0 aliphatic rings. The van der Waals surface area contributed by atoms with E-state index >= 15 is 0 Å². The fraction of sp³-hybridized carbons (Fsp3) is 0.333. The fourth-order valence-electron chi connectivity index (χ4n) is 2.47. The van der Waals surface area contributed by atoms with Crippen LogP contribution in [0.1, 0.15) is 12.0 Å². The van der Waals surface area contributed by atoms with Crippen molar-refractivity contribution in [3.8, 4) is 29.1 Å². The van der Waals surface area contributed by atoms with Crippen LogP contribution >= 0.6 is 0 Å². The van der Waals surface area contributed by atoms with Gasteiger partial charge in [-0.1, -0.05) is 12.1 Å². The van der Waals surface area contributed by atoms with Crippen molar-refractivity contribution in [2.24, 2.45) is 0 Å². The van der Waals surface area contributed by atoms with Crippen molar-refractivity contribution in [2.45, 2.75) is 12.8 Å². The number of carbonyl (C=O) groups is 1. The van der Waals surface area contributed by atoms with Crippen LogP contribution in [0.5, 0.6) is 23.0 Å². The summed E-state index contributed by atoms with van der Waals surface area (Å²) >= 11 is 0. The maximum Gasteiger partial charge on any atom is 0.234 e. The van der Waals surface area contributed by atoms with Gasteiger partial charge in [-0.05, 0) is 36.2 Å². The zero-order chi connectivity index (χ0) is 20.2. The maximum absolute atomic E-state index is 11.3. The number of ether oxygens (including phenoxy) is 4. The van der Waals surface area contributed by atoms with E-state index in [1.54, 1.807) is 14.2 Å². The van der Waals surface area contributed by atoms with Crippen LogP contribution in [0.3, 0.4) is 0 Å². The molecule has 2 rings (SSSR count). The Morgan fingerprint density at radius 2 is 1.79 bits per heavy atom.